The molecule has 1 heterocycles. The largest absolute Gasteiger partial charge is 0.479 e. The van der Waals surface area contributed by atoms with Gasteiger partial charge in [-0.15, -0.1) is 0 Å². The summed E-state index contributed by atoms with van der Waals surface area (Å²) < 4.78 is 6.20. The second-order valence-electron chi connectivity index (χ2n) is 4.58. The Bertz CT molecular complexity index is 751. The second-order valence-corrected chi connectivity index (χ2v) is 5.91. The fraction of sp³-hybridized carbons (Fsp3) is 0.176. The number of hydrogen-bond donors (Lipinski definition) is 1. The van der Waals surface area contributed by atoms with E-state index in [0.717, 1.165) is 10.2 Å². The van der Waals surface area contributed by atoms with Crippen molar-refractivity contribution in [3.8, 4) is 17.6 Å². The van der Waals surface area contributed by atoms with E-state index >= 15 is 0 Å². The summed E-state index contributed by atoms with van der Waals surface area (Å²) in [7, 11) is 0. The molecule has 1 aromatic carbocycles. The lowest BCUT2D eigenvalue weighted by Gasteiger charge is -2.04. The van der Waals surface area contributed by atoms with Crippen LogP contribution in [0.4, 0.5) is 0 Å². The summed E-state index contributed by atoms with van der Waals surface area (Å²) in [5.41, 5.74) is 1.34. The van der Waals surface area contributed by atoms with Crippen LogP contribution < -0.4 is 10.1 Å². The molecule has 0 aliphatic carbocycles. The van der Waals surface area contributed by atoms with Gasteiger partial charge in [0, 0.05) is 10.2 Å². The van der Waals surface area contributed by atoms with E-state index in [9.17, 15) is 4.79 Å². The van der Waals surface area contributed by atoms with E-state index in [1.165, 1.54) is 0 Å². The minimum Gasteiger partial charge on any atom is -0.479 e. The quantitative estimate of drug-likeness (QED) is 0.807. The predicted octanol–water partition coefficient (Wildman–Crippen LogP) is 3.62. The van der Waals surface area contributed by atoms with Crippen molar-refractivity contribution in [2.75, 3.05) is 13.2 Å². The van der Waals surface area contributed by atoms with E-state index in [2.05, 4.69) is 38.1 Å². The number of amides is 1. The van der Waals surface area contributed by atoms with Crippen LogP contribution in [0.25, 0.3) is 0 Å². The highest BCUT2D eigenvalue weighted by molar-refractivity contribution is 9.10. The summed E-state index contributed by atoms with van der Waals surface area (Å²) in [5.74, 6) is 6.04. The van der Waals surface area contributed by atoms with Crippen LogP contribution in [0.1, 0.15) is 16.1 Å². The maximum atomic E-state index is 12.0. The minimum atomic E-state index is -0.269. The summed E-state index contributed by atoms with van der Waals surface area (Å²) >= 11 is 9.29. The van der Waals surface area contributed by atoms with Gasteiger partial charge in [-0.2, -0.15) is 0 Å². The van der Waals surface area contributed by atoms with Gasteiger partial charge >= 0.3 is 0 Å². The number of pyridine rings is 1. The summed E-state index contributed by atoms with van der Waals surface area (Å²) in [6.07, 6.45) is 1.65. The zero-order valence-electron chi connectivity index (χ0n) is 12.4. The number of carbonyl (C=O) groups excluding carboxylic acids is 1. The highest BCUT2D eigenvalue weighted by Crippen LogP contribution is 2.20. The van der Waals surface area contributed by atoms with E-state index in [0.29, 0.717) is 16.3 Å². The van der Waals surface area contributed by atoms with E-state index in [4.69, 9.17) is 16.3 Å². The van der Waals surface area contributed by atoms with Crippen molar-refractivity contribution in [1.82, 2.24) is 10.3 Å². The van der Waals surface area contributed by atoms with Gasteiger partial charge in [-0.05, 0) is 37.3 Å². The molecule has 6 heteroatoms. The van der Waals surface area contributed by atoms with Gasteiger partial charge in [-0.3, -0.25) is 9.78 Å². The van der Waals surface area contributed by atoms with Crippen molar-refractivity contribution in [2.45, 2.75) is 6.92 Å². The third-order valence-corrected chi connectivity index (χ3v) is 3.65. The number of aromatic nitrogens is 1. The second kappa shape index (κ2) is 8.56. The molecule has 0 aliphatic heterocycles. The first-order valence-corrected chi connectivity index (χ1v) is 7.98. The molecule has 2 rings (SSSR count). The number of nitrogens with zero attached hydrogens (tertiary/aromatic N) is 1. The van der Waals surface area contributed by atoms with Gasteiger partial charge in [0.05, 0.1) is 23.3 Å². The van der Waals surface area contributed by atoms with Crippen molar-refractivity contribution in [1.29, 1.82) is 0 Å². The molecular weight excluding hydrogens is 380 g/mol. The minimum absolute atomic E-state index is 0.219. The van der Waals surface area contributed by atoms with E-state index in [-0.39, 0.29) is 19.1 Å². The average Bonchev–Trinajstić information content (AvgIpc) is 2.54. The third kappa shape index (κ3) is 5.59. The molecule has 0 spiro atoms. The average molecular weight is 394 g/mol. The van der Waals surface area contributed by atoms with Gasteiger partial charge in [0.2, 0.25) is 0 Å². The molecule has 118 valence electrons. The van der Waals surface area contributed by atoms with Crippen LogP contribution in [0.15, 0.2) is 41.0 Å². The first kappa shape index (κ1) is 17.3. The van der Waals surface area contributed by atoms with Crippen molar-refractivity contribution in [3.63, 3.8) is 0 Å². The smallest absolute Gasteiger partial charge is 0.253 e. The van der Waals surface area contributed by atoms with Gasteiger partial charge in [-0.1, -0.05) is 39.4 Å². The maximum Gasteiger partial charge on any atom is 0.253 e. The van der Waals surface area contributed by atoms with Crippen molar-refractivity contribution in [2.24, 2.45) is 0 Å². The lowest BCUT2D eigenvalue weighted by atomic mass is 10.2. The molecule has 2 aromatic rings. The topological polar surface area (TPSA) is 51.2 Å². The molecule has 0 saturated heterocycles. The van der Waals surface area contributed by atoms with Crippen molar-refractivity contribution < 1.29 is 9.53 Å². The van der Waals surface area contributed by atoms with Crippen molar-refractivity contribution in [3.05, 3.63) is 57.3 Å². The van der Waals surface area contributed by atoms with Crippen LogP contribution in [0.3, 0.4) is 0 Å². The van der Waals surface area contributed by atoms with Crippen LogP contribution in [0.2, 0.25) is 5.02 Å². The molecule has 1 N–H and O–H groups in total. The zero-order valence-corrected chi connectivity index (χ0v) is 14.7. The highest BCUT2D eigenvalue weighted by Gasteiger charge is 2.09. The summed E-state index contributed by atoms with van der Waals surface area (Å²) in [6.45, 7) is 2.36. The lowest BCUT2D eigenvalue weighted by molar-refractivity contribution is 0.0959. The summed E-state index contributed by atoms with van der Waals surface area (Å²) in [6, 6.07) is 8.80. The Labute approximate surface area is 148 Å². The van der Waals surface area contributed by atoms with Crippen LogP contribution in [0.5, 0.6) is 5.75 Å². The Morgan fingerprint density at radius 1 is 1.35 bits per heavy atom. The SMILES string of the molecule is Cc1ccc(OCC#CCNC(=O)c2cc(Br)ccc2Cl)cn1. The van der Waals surface area contributed by atoms with Gasteiger partial charge < -0.3 is 10.1 Å². The molecule has 0 bridgehead atoms. The number of carbonyl (C=O) groups is 1. The molecule has 0 unspecified atom stereocenters. The summed E-state index contributed by atoms with van der Waals surface area (Å²) in [5, 5.41) is 3.08. The van der Waals surface area contributed by atoms with Gasteiger partial charge in [0.1, 0.15) is 12.4 Å². The molecule has 23 heavy (non-hydrogen) atoms. The monoisotopic (exact) mass is 392 g/mol. The van der Waals surface area contributed by atoms with Gasteiger partial charge in [0.15, 0.2) is 0 Å². The molecular formula is C17H14BrClN2O2. The van der Waals surface area contributed by atoms with Gasteiger partial charge in [-0.25, -0.2) is 0 Å². The molecule has 0 saturated carbocycles. The van der Waals surface area contributed by atoms with Crippen LogP contribution in [-0.2, 0) is 0 Å². The third-order valence-electron chi connectivity index (χ3n) is 2.83. The highest BCUT2D eigenvalue weighted by atomic mass is 79.9. The Morgan fingerprint density at radius 2 is 2.17 bits per heavy atom. The van der Waals surface area contributed by atoms with E-state index in [1.54, 1.807) is 24.4 Å². The Kier molecular flexibility index (Phi) is 6.45. The van der Waals surface area contributed by atoms with Crippen LogP contribution in [-0.4, -0.2) is 24.0 Å². The van der Waals surface area contributed by atoms with Crippen LogP contribution >= 0.6 is 27.5 Å². The van der Waals surface area contributed by atoms with Crippen LogP contribution in [0, 0.1) is 18.8 Å². The maximum absolute atomic E-state index is 12.0. The molecule has 1 amide bonds. The first-order valence-electron chi connectivity index (χ1n) is 6.80. The number of aryl methyl sites for hydroxylation is 1. The predicted molar refractivity (Wildman–Crippen MR) is 93.7 cm³/mol. The molecule has 0 atom stereocenters. The summed E-state index contributed by atoms with van der Waals surface area (Å²) in [4.78, 5) is 16.1. The number of halogens is 2. The lowest BCUT2D eigenvalue weighted by Crippen LogP contribution is -2.24. The number of hydrogen-bond acceptors (Lipinski definition) is 3. The molecule has 0 aliphatic rings. The Balaban J connectivity index is 1.78. The van der Waals surface area contributed by atoms with E-state index < -0.39 is 0 Å². The first-order chi connectivity index (χ1) is 11.1. The fourth-order valence-corrected chi connectivity index (χ4v) is 2.23. The number of rotatable bonds is 4. The Hall–Kier alpha value is -2.03. The molecule has 1 aromatic heterocycles. The van der Waals surface area contributed by atoms with Crippen molar-refractivity contribution >= 4 is 33.4 Å². The molecule has 0 radical (unpaired) electrons. The number of ether oxygens (including phenoxy) is 1. The van der Waals surface area contributed by atoms with E-state index in [1.807, 2.05) is 19.1 Å². The van der Waals surface area contributed by atoms with Gasteiger partial charge in [0.25, 0.3) is 5.91 Å². The fourth-order valence-electron chi connectivity index (χ4n) is 1.66. The zero-order chi connectivity index (χ0) is 16.7. The Morgan fingerprint density at radius 3 is 2.91 bits per heavy atom. The molecule has 0 fully saturated rings. The normalized spacial score (nSPS) is 9.70. The number of nitrogens with one attached hydrogen (secondary N) is 1. The molecule has 4 nitrogen and oxygen atoms in total. The number of benzene rings is 1. The standard InChI is InChI=1S/C17H14BrClN2O2/c1-12-4-6-14(11-21-12)23-9-3-2-8-20-17(22)15-10-13(18)5-7-16(15)19/h4-7,10-11H,8-9H2,1H3,(H,20,22).